The summed E-state index contributed by atoms with van der Waals surface area (Å²) < 4.78 is 5.52. The molecule has 2 aliphatic rings. The van der Waals surface area contributed by atoms with Crippen LogP contribution in [0, 0.1) is 5.41 Å². The van der Waals surface area contributed by atoms with Gasteiger partial charge in [-0.05, 0) is 19.3 Å². The maximum atomic E-state index is 11.2. The van der Waals surface area contributed by atoms with Crippen molar-refractivity contribution in [2.45, 2.75) is 44.6 Å². The molecule has 2 atom stereocenters. The molecule has 1 heterocycles. The molecule has 2 rings (SSSR count). The number of fused-ring (bicyclic) bond motifs is 1. The fourth-order valence-electron chi connectivity index (χ4n) is 2.65. The smallest absolute Gasteiger partial charge is 0.312 e. The standard InChI is InChI=1S/C10H16O3/c11-9(12)10-5-3-1-2-4-8(10)13-7-6-10/h8H,1-7H2,(H,11,12). The second kappa shape index (κ2) is 3.29. The molecular weight excluding hydrogens is 168 g/mol. The van der Waals surface area contributed by atoms with Crippen LogP contribution in [0.1, 0.15) is 38.5 Å². The van der Waals surface area contributed by atoms with Gasteiger partial charge in [-0.25, -0.2) is 0 Å². The molecule has 74 valence electrons. The van der Waals surface area contributed by atoms with Crippen molar-refractivity contribution in [3.63, 3.8) is 0 Å². The molecule has 1 saturated carbocycles. The van der Waals surface area contributed by atoms with Crippen LogP contribution in [-0.2, 0) is 9.53 Å². The van der Waals surface area contributed by atoms with Gasteiger partial charge in [-0.2, -0.15) is 0 Å². The molecule has 3 heteroatoms. The number of carbonyl (C=O) groups is 1. The lowest BCUT2D eigenvalue weighted by molar-refractivity contribution is -0.152. The van der Waals surface area contributed by atoms with E-state index in [1.165, 1.54) is 0 Å². The van der Waals surface area contributed by atoms with Crippen LogP contribution < -0.4 is 0 Å². The van der Waals surface area contributed by atoms with Crippen molar-refractivity contribution >= 4 is 5.97 Å². The fourth-order valence-corrected chi connectivity index (χ4v) is 2.65. The van der Waals surface area contributed by atoms with Crippen molar-refractivity contribution < 1.29 is 14.6 Å². The minimum atomic E-state index is -0.642. The predicted octanol–water partition coefficient (Wildman–Crippen LogP) is 1.81. The van der Waals surface area contributed by atoms with Crippen LogP contribution in [0.3, 0.4) is 0 Å². The highest BCUT2D eigenvalue weighted by Crippen LogP contribution is 2.44. The summed E-state index contributed by atoms with van der Waals surface area (Å²) in [4.78, 5) is 11.2. The number of hydrogen-bond donors (Lipinski definition) is 1. The normalized spacial score (nSPS) is 39.5. The number of aliphatic carboxylic acids is 1. The van der Waals surface area contributed by atoms with Crippen molar-refractivity contribution in [1.82, 2.24) is 0 Å². The highest BCUT2D eigenvalue weighted by atomic mass is 16.5. The van der Waals surface area contributed by atoms with Crippen molar-refractivity contribution in [3.05, 3.63) is 0 Å². The molecule has 1 aliphatic carbocycles. The lowest BCUT2D eigenvalue weighted by Gasteiger charge is -2.27. The molecule has 0 aromatic carbocycles. The number of ether oxygens (including phenoxy) is 1. The maximum absolute atomic E-state index is 11.2. The molecular formula is C10H16O3. The number of carboxylic acid groups (broad SMARTS) is 1. The van der Waals surface area contributed by atoms with Crippen LogP contribution in [0.5, 0.6) is 0 Å². The van der Waals surface area contributed by atoms with Gasteiger partial charge in [-0.15, -0.1) is 0 Å². The first kappa shape index (κ1) is 9.00. The van der Waals surface area contributed by atoms with Crippen LogP contribution in [0.4, 0.5) is 0 Å². The van der Waals surface area contributed by atoms with Gasteiger partial charge in [0.05, 0.1) is 11.5 Å². The third kappa shape index (κ3) is 1.35. The van der Waals surface area contributed by atoms with Crippen LogP contribution in [0.25, 0.3) is 0 Å². The second-order valence-corrected chi connectivity index (χ2v) is 4.17. The molecule has 0 aromatic heterocycles. The Labute approximate surface area is 78.1 Å². The first-order chi connectivity index (χ1) is 6.26. The van der Waals surface area contributed by atoms with E-state index in [2.05, 4.69) is 0 Å². The summed E-state index contributed by atoms with van der Waals surface area (Å²) in [6.07, 6.45) is 5.79. The average Bonchev–Trinajstić information content (AvgIpc) is 2.40. The first-order valence-corrected chi connectivity index (χ1v) is 5.11. The Morgan fingerprint density at radius 2 is 2.15 bits per heavy atom. The highest BCUT2D eigenvalue weighted by molar-refractivity contribution is 5.75. The van der Waals surface area contributed by atoms with Gasteiger partial charge < -0.3 is 9.84 Å². The zero-order chi connectivity index (χ0) is 9.31. The Hall–Kier alpha value is -0.570. The van der Waals surface area contributed by atoms with Crippen molar-refractivity contribution in [2.75, 3.05) is 6.61 Å². The first-order valence-electron chi connectivity index (χ1n) is 5.11. The van der Waals surface area contributed by atoms with E-state index in [1.807, 2.05) is 0 Å². The summed E-state index contributed by atoms with van der Waals surface area (Å²) in [7, 11) is 0. The lowest BCUT2D eigenvalue weighted by Crippen LogP contribution is -2.38. The molecule has 3 nitrogen and oxygen atoms in total. The van der Waals surface area contributed by atoms with Crippen LogP contribution in [0.15, 0.2) is 0 Å². The third-order valence-electron chi connectivity index (χ3n) is 3.50. The molecule has 2 unspecified atom stereocenters. The van der Waals surface area contributed by atoms with E-state index in [-0.39, 0.29) is 6.10 Å². The molecule has 0 aromatic rings. The predicted molar refractivity (Wildman–Crippen MR) is 47.5 cm³/mol. The van der Waals surface area contributed by atoms with Gasteiger partial charge in [-0.1, -0.05) is 19.3 Å². The molecule has 0 radical (unpaired) electrons. The maximum Gasteiger partial charge on any atom is 0.312 e. The molecule has 2 fully saturated rings. The number of hydrogen-bond acceptors (Lipinski definition) is 2. The van der Waals surface area contributed by atoms with Crippen molar-refractivity contribution in [2.24, 2.45) is 5.41 Å². The Morgan fingerprint density at radius 3 is 2.92 bits per heavy atom. The largest absolute Gasteiger partial charge is 0.481 e. The van der Waals surface area contributed by atoms with E-state index < -0.39 is 11.4 Å². The number of carboxylic acids is 1. The van der Waals surface area contributed by atoms with Crippen molar-refractivity contribution in [3.8, 4) is 0 Å². The summed E-state index contributed by atoms with van der Waals surface area (Å²) in [5, 5.41) is 9.24. The van der Waals surface area contributed by atoms with Gasteiger partial charge in [0.2, 0.25) is 0 Å². The van der Waals surface area contributed by atoms with E-state index in [9.17, 15) is 9.90 Å². The van der Waals surface area contributed by atoms with Gasteiger partial charge in [0.15, 0.2) is 0 Å². The monoisotopic (exact) mass is 184 g/mol. The molecule has 0 spiro atoms. The van der Waals surface area contributed by atoms with Crippen LogP contribution in [-0.4, -0.2) is 23.8 Å². The Balaban J connectivity index is 2.22. The summed E-state index contributed by atoms with van der Waals surface area (Å²) in [5.74, 6) is -0.642. The molecule has 0 amide bonds. The molecule has 1 N–H and O–H groups in total. The summed E-state index contributed by atoms with van der Waals surface area (Å²) in [6.45, 7) is 0.636. The van der Waals surface area contributed by atoms with E-state index in [0.29, 0.717) is 13.0 Å². The molecule has 1 saturated heterocycles. The highest BCUT2D eigenvalue weighted by Gasteiger charge is 2.50. The minimum absolute atomic E-state index is 0.00694. The SMILES string of the molecule is O=C(O)C12CCCCCC1OCC2. The quantitative estimate of drug-likeness (QED) is 0.676. The second-order valence-electron chi connectivity index (χ2n) is 4.17. The number of rotatable bonds is 1. The summed E-state index contributed by atoms with van der Waals surface area (Å²) >= 11 is 0. The molecule has 1 aliphatic heterocycles. The molecule has 13 heavy (non-hydrogen) atoms. The van der Waals surface area contributed by atoms with E-state index >= 15 is 0 Å². The average molecular weight is 184 g/mol. The minimum Gasteiger partial charge on any atom is -0.481 e. The van der Waals surface area contributed by atoms with Gasteiger partial charge in [-0.3, -0.25) is 4.79 Å². The van der Waals surface area contributed by atoms with Crippen LogP contribution >= 0.6 is 0 Å². The fraction of sp³-hybridized carbons (Fsp3) is 0.900. The zero-order valence-electron chi connectivity index (χ0n) is 7.79. The van der Waals surface area contributed by atoms with Crippen molar-refractivity contribution in [1.29, 1.82) is 0 Å². The lowest BCUT2D eigenvalue weighted by atomic mass is 9.77. The Morgan fingerprint density at radius 1 is 1.31 bits per heavy atom. The molecule has 0 bridgehead atoms. The summed E-state index contributed by atoms with van der Waals surface area (Å²) in [6, 6.07) is 0. The topological polar surface area (TPSA) is 46.5 Å². The van der Waals surface area contributed by atoms with Gasteiger partial charge in [0.1, 0.15) is 0 Å². The van der Waals surface area contributed by atoms with Gasteiger partial charge in [0.25, 0.3) is 0 Å². The van der Waals surface area contributed by atoms with E-state index in [4.69, 9.17) is 4.74 Å². The van der Waals surface area contributed by atoms with Gasteiger partial charge in [0, 0.05) is 6.61 Å². The summed E-state index contributed by atoms with van der Waals surface area (Å²) in [5.41, 5.74) is -0.531. The van der Waals surface area contributed by atoms with E-state index in [1.54, 1.807) is 0 Å². The van der Waals surface area contributed by atoms with Crippen LogP contribution in [0.2, 0.25) is 0 Å². The third-order valence-corrected chi connectivity index (χ3v) is 3.50. The Kier molecular flexibility index (Phi) is 2.28. The Bertz CT molecular complexity index is 214. The zero-order valence-corrected chi connectivity index (χ0v) is 7.79. The van der Waals surface area contributed by atoms with Gasteiger partial charge >= 0.3 is 5.97 Å². The van der Waals surface area contributed by atoms with E-state index in [0.717, 1.165) is 32.1 Å².